The van der Waals surface area contributed by atoms with Crippen LogP contribution >= 0.6 is 0 Å². The maximum Gasteiger partial charge on any atom is 0.237 e. The predicted octanol–water partition coefficient (Wildman–Crippen LogP) is 2.95. The van der Waals surface area contributed by atoms with Crippen molar-refractivity contribution in [2.75, 3.05) is 6.54 Å². The topological polar surface area (TPSA) is 41.1 Å². The first-order valence-corrected chi connectivity index (χ1v) is 7.22. The quantitative estimate of drug-likeness (QED) is 0.735. The molecule has 0 saturated carbocycles. The SMILES string of the molecule is CCCC(C)NC(=O)C(C)NCC(C)C(C)(C)C. The van der Waals surface area contributed by atoms with Crippen LogP contribution in [-0.2, 0) is 4.79 Å². The molecule has 0 heterocycles. The third-order valence-corrected chi connectivity index (χ3v) is 3.71. The Morgan fingerprint density at radius 2 is 1.72 bits per heavy atom. The molecule has 3 unspecified atom stereocenters. The molecule has 0 aromatic heterocycles. The summed E-state index contributed by atoms with van der Waals surface area (Å²) in [5.41, 5.74) is 0.276. The number of carbonyl (C=O) groups excluding carboxylic acids is 1. The molecule has 0 saturated heterocycles. The predicted molar refractivity (Wildman–Crippen MR) is 78.6 cm³/mol. The minimum absolute atomic E-state index is 0.108. The largest absolute Gasteiger partial charge is 0.352 e. The molecule has 0 spiro atoms. The first kappa shape index (κ1) is 17.4. The van der Waals surface area contributed by atoms with E-state index in [2.05, 4.69) is 52.2 Å². The van der Waals surface area contributed by atoms with Crippen LogP contribution in [-0.4, -0.2) is 24.5 Å². The molecule has 108 valence electrons. The number of hydrogen-bond acceptors (Lipinski definition) is 2. The van der Waals surface area contributed by atoms with Gasteiger partial charge in [-0.25, -0.2) is 0 Å². The zero-order valence-electron chi connectivity index (χ0n) is 13.3. The summed E-state index contributed by atoms with van der Waals surface area (Å²) in [5.74, 6) is 0.651. The molecule has 2 N–H and O–H groups in total. The Morgan fingerprint density at radius 3 is 2.17 bits per heavy atom. The molecule has 3 nitrogen and oxygen atoms in total. The summed E-state index contributed by atoms with van der Waals surface area (Å²) in [6, 6.07) is 0.154. The van der Waals surface area contributed by atoms with Crippen LogP contribution in [0.1, 0.15) is 61.3 Å². The second kappa shape index (κ2) is 7.78. The van der Waals surface area contributed by atoms with E-state index in [-0.39, 0.29) is 23.4 Å². The van der Waals surface area contributed by atoms with E-state index in [1.807, 2.05) is 6.92 Å². The summed E-state index contributed by atoms with van der Waals surface area (Å²) in [6.07, 6.45) is 2.14. The Hall–Kier alpha value is -0.570. The summed E-state index contributed by atoms with van der Waals surface area (Å²) in [5, 5.41) is 6.37. The molecule has 0 rings (SSSR count). The summed E-state index contributed by atoms with van der Waals surface area (Å²) >= 11 is 0. The highest BCUT2D eigenvalue weighted by molar-refractivity contribution is 5.81. The second-order valence-electron chi connectivity index (χ2n) is 6.60. The molecule has 18 heavy (non-hydrogen) atoms. The van der Waals surface area contributed by atoms with E-state index in [4.69, 9.17) is 0 Å². The molecule has 0 aliphatic carbocycles. The minimum atomic E-state index is -0.117. The van der Waals surface area contributed by atoms with Crippen LogP contribution in [0.15, 0.2) is 0 Å². The van der Waals surface area contributed by atoms with Gasteiger partial charge < -0.3 is 10.6 Å². The fourth-order valence-electron chi connectivity index (χ4n) is 1.63. The Balaban J connectivity index is 4.02. The van der Waals surface area contributed by atoms with Gasteiger partial charge in [0.2, 0.25) is 5.91 Å². The number of carbonyl (C=O) groups is 1. The molecule has 0 aromatic carbocycles. The van der Waals surface area contributed by atoms with E-state index in [0.717, 1.165) is 19.4 Å². The third kappa shape index (κ3) is 7.00. The van der Waals surface area contributed by atoms with E-state index < -0.39 is 0 Å². The molecule has 0 bridgehead atoms. The third-order valence-electron chi connectivity index (χ3n) is 3.71. The van der Waals surface area contributed by atoms with Crippen LogP contribution in [0.5, 0.6) is 0 Å². The van der Waals surface area contributed by atoms with E-state index in [1.165, 1.54) is 0 Å². The molecule has 0 radical (unpaired) electrons. The number of nitrogens with one attached hydrogen (secondary N) is 2. The van der Waals surface area contributed by atoms with Gasteiger partial charge in [-0.3, -0.25) is 4.79 Å². The Morgan fingerprint density at radius 1 is 1.17 bits per heavy atom. The van der Waals surface area contributed by atoms with Gasteiger partial charge in [0.1, 0.15) is 0 Å². The van der Waals surface area contributed by atoms with E-state index in [1.54, 1.807) is 0 Å². The molecule has 0 fully saturated rings. The van der Waals surface area contributed by atoms with Crippen molar-refractivity contribution in [3.63, 3.8) is 0 Å². The van der Waals surface area contributed by atoms with Gasteiger partial charge in [-0.2, -0.15) is 0 Å². The van der Waals surface area contributed by atoms with Gasteiger partial charge in [-0.15, -0.1) is 0 Å². The Kier molecular flexibility index (Phi) is 7.53. The lowest BCUT2D eigenvalue weighted by Crippen LogP contribution is -2.47. The maximum absolute atomic E-state index is 11.9. The second-order valence-corrected chi connectivity index (χ2v) is 6.60. The van der Waals surface area contributed by atoms with E-state index in [9.17, 15) is 4.79 Å². The lowest BCUT2D eigenvalue weighted by molar-refractivity contribution is -0.123. The molecule has 0 aliphatic heterocycles. The fourth-order valence-corrected chi connectivity index (χ4v) is 1.63. The lowest BCUT2D eigenvalue weighted by atomic mass is 9.82. The van der Waals surface area contributed by atoms with Crippen LogP contribution < -0.4 is 10.6 Å². The van der Waals surface area contributed by atoms with Crippen molar-refractivity contribution < 1.29 is 4.79 Å². The van der Waals surface area contributed by atoms with E-state index >= 15 is 0 Å². The van der Waals surface area contributed by atoms with Gasteiger partial charge >= 0.3 is 0 Å². The van der Waals surface area contributed by atoms with Crippen LogP contribution in [0.3, 0.4) is 0 Å². The zero-order valence-corrected chi connectivity index (χ0v) is 13.3. The van der Waals surface area contributed by atoms with Gasteiger partial charge in [0, 0.05) is 6.04 Å². The lowest BCUT2D eigenvalue weighted by Gasteiger charge is -2.28. The van der Waals surface area contributed by atoms with Gasteiger partial charge in [0.05, 0.1) is 6.04 Å². The van der Waals surface area contributed by atoms with Crippen molar-refractivity contribution in [3.8, 4) is 0 Å². The summed E-state index contributed by atoms with van der Waals surface area (Å²) < 4.78 is 0. The number of amides is 1. The highest BCUT2D eigenvalue weighted by Gasteiger charge is 2.21. The molecular weight excluding hydrogens is 224 g/mol. The highest BCUT2D eigenvalue weighted by atomic mass is 16.2. The van der Waals surface area contributed by atoms with Gasteiger partial charge in [-0.05, 0) is 38.1 Å². The normalized spacial score (nSPS) is 17.1. The van der Waals surface area contributed by atoms with Crippen molar-refractivity contribution in [1.82, 2.24) is 10.6 Å². The van der Waals surface area contributed by atoms with Crippen LogP contribution in [0, 0.1) is 11.3 Å². The average molecular weight is 256 g/mol. The number of hydrogen-bond donors (Lipinski definition) is 2. The van der Waals surface area contributed by atoms with Gasteiger partial charge in [-0.1, -0.05) is 41.0 Å². The van der Waals surface area contributed by atoms with Gasteiger partial charge in [0.15, 0.2) is 0 Å². The molecular formula is C15H32N2O. The minimum Gasteiger partial charge on any atom is -0.352 e. The monoisotopic (exact) mass is 256 g/mol. The smallest absolute Gasteiger partial charge is 0.237 e. The maximum atomic E-state index is 11.9. The van der Waals surface area contributed by atoms with Crippen molar-refractivity contribution in [2.45, 2.75) is 73.4 Å². The Labute approximate surface area is 113 Å². The first-order valence-electron chi connectivity index (χ1n) is 7.22. The summed E-state index contributed by atoms with van der Waals surface area (Å²) in [6.45, 7) is 15.9. The molecule has 0 aliphatic rings. The fraction of sp³-hybridized carbons (Fsp3) is 0.933. The van der Waals surface area contributed by atoms with Crippen molar-refractivity contribution >= 4 is 5.91 Å². The standard InChI is InChI=1S/C15H32N2O/c1-8-9-12(3)17-14(18)13(4)16-10-11(2)15(5,6)7/h11-13,16H,8-10H2,1-7H3,(H,17,18). The molecule has 1 amide bonds. The average Bonchev–Trinajstić information content (AvgIpc) is 2.23. The van der Waals surface area contributed by atoms with Crippen LogP contribution in [0.4, 0.5) is 0 Å². The summed E-state index contributed by atoms with van der Waals surface area (Å²) in [4.78, 5) is 11.9. The van der Waals surface area contributed by atoms with Crippen LogP contribution in [0.2, 0.25) is 0 Å². The van der Waals surface area contributed by atoms with Gasteiger partial charge in [0.25, 0.3) is 0 Å². The van der Waals surface area contributed by atoms with E-state index in [0.29, 0.717) is 5.92 Å². The van der Waals surface area contributed by atoms with Crippen molar-refractivity contribution in [1.29, 1.82) is 0 Å². The molecule has 3 heteroatoms. The summed E-state index contributed by atoms with van der Waals surface area (Å²) in [7, 11) is 0. The molecule has 3 atom stereocenters. The highest BCUT2D eigenvalue weighted by Crippen LogP contribution is 2.24. The number of rotatable bonds is 7. The molecule has 0 aromatic rings. The Bertz CT molecular complexity index is 245. The van der Waals surface area contributed by atoms with Crippen LogP contribution in [0.25, 0.3) is 0 Å². The first-order chi connectivity index (χ1) is 8.18. The zero-order chi connectivity index (χ0) is 14.3. The van der Waals surface area contributed by atoms with Crippen molar-refractivity contribution in [3.05, 3.63) is 0 Å². The van der Waals surface area contributed by atoms with Crippen molar-refractivity contribution in [2.24, 2.45) is 11.3 Å².